The van der Waals surface area contributed by atoms with Crippen molar-refractivity contribution in [2.45, 2.75) is 51.1 Å². The van der Waals surface area contributed by atoms with Crippen molar-refractivity contribution in [1.82, 2.24) is 5.32 Å². The van der Waals surface area contributed by atoms with Crippen molar-refractivity contribution >= 4 is 5.91 Å². The zero-order chi connectivity index (χ0) is 11.5. The molecule has 0 heterocycles. The summed E-state index contributed by atoms with van der Waals surface area (Å²) < 4.78 is 0. The molecule has 0 aromatic carbocycles. The zero-order valence-corrected chi connectivity index (χ0v) is 9.62. The Morgan fingerprint density at radius 1 is 1.60 bits per heavy atom. The fraction of sp³-hybridized carbons (Fsp3) is 0.909. The maximum Gasteiger partial charge on any atom is 0.237 e. The zero-order valence-electron chi connectivity index (χ0n) is 9.62. The average molecular weight is 214 g/mol. The van der Waals surface area contributed by atoms with E-state index < -0.39 is 6.04 Å². The second kappa shape index (κ2) is 4.94. The SMILES string of the molecule is CC[C@H](C)[C@H](N)C(=O)NC1(CO)CCC1. The number of rotatable bonds is 5. The highest BCUT2D eigenvalue weighted by molar-refractivity contribution is 5.82. The molecule has 1 rings (SSSR count). The van der Waals surface area contributed by atoms with E-state index in [1.165, 1.54) is 0 Å². The molecule has 4 nitrogen and oxygen atoms in total. The van der Waals surface area contributed by atoms with Crippen LogP contribution in [0.15, 0.2) is 0 Å². The number of nitrogens with two attached hydrogens (primary N) is 1. The molecular weight excluding hydrogens is 192 g/mol. The second-order valence-electron chi connectivity index (χ2n) is 4.69. The van der Waals surface area contributed by atoms with Gasteiger partial charge in [0.05, 0.1) is 18.2 Å². The summed E-state index contributed by atoms with van der Waals surface area (Å²) in [5, 5.41) is 12.1. The van der Waals surface area contributed by atoms with Gasteiger partial charge in [-0.3, -0.25) is 4.79 Å². The largest absolute Gasteiger partial charge is 0.394 e. The van der Waals surface area contributed by atoms with Crippen LogP contribution in [-0.2, 0) is 4.79 Å². The Morgan fingerprint density at radius 3 is 2.53 bits per heavy atom. The number of carbonyl (C=O) groups excluding carboxylic acids is 1. The Balaban J connectivity index is 2.47. The Hall–Kier alpha value is -0.610. The van der Waals surface area contributed by atoms with Gasteiger partial charge < -0.3 is 16.2 Å². The van der Waals surface area contributed by atoms with Crippen LogP contribution in [0.5, 0.6) is 0 Å². The van der Waals surface area contributed by atoms with Gasteiger partial charge >= 0.3 is 0 Å². The summed E-state index contributed by atoms with van der Waals surface area (Å²) in [7, 11) is 0. The van der Waals surface area contributed by atoms with E-state index in [0.717, 1.165) is 25.7 Å². The van der Waals surface area contributed by atoms with Gasteiger partial charge in [-0.25, -0.2) is 0 Å². The molecule has 2 atom stereocenters. The minimum atomic E-state index is -0.459. The summed E-state index contributed by atoms with van der Waals surface area (Å²) in [6.45, 7) is 4.01. The molecule has 1 aliphatic rings. The van der Waals surface area contributed by atoms with Crippen molar-refractivity contribution in [2.75, 3.05) is 6.61 Å². The summed E-state index contributed by atoms with van der Waals surface area (Å²) >= 11 is 0. The van der Waals surface area contributed by atoms with Crippen molar-refractivity contribution in [3.8, 4) is 0 Å². The molecule has 4 heteroatoms. The minimum Gasteiger partial charge on any atom is -0.394 e. The van der Waals surface area contributed by atoms with Crippen molar-refractivity contribution in [3.63, 3.8) is 0 Å². The van der Waals surface area contributed by atoms with Crippen LogP contribution in [0.4, 0.5) is 0 Å². The van der Waals surface area contributed by atoms with Crippen molar-refractivity contribution in [3.05, 3.63) is 0 Å². The molecule has 1 amide bonds. The first kappa shape index (κ1) is 12.5. The van der Waals surface area contributed by atoms with Crippen LogP contribution in [0.1, 0.15) is 39.5 Å². The fourth-order valence-corrected chi connectivity index (χ4v) is 1.78. The lowest BCUT2D eigenvalue weighted by molar-refractivity contribution is -0.127. The molecule has 0 unspecified atom stereocenters. The van der Waals surface area contributed by atoms with E-state index in [0.29, 0.717) is 0 Å². The van der Waals surface area contributed by atoms with E-state index in [1.807, 2.05) is 13.8 Å². The van der Waals surface area contributed by atoms with E-state index in [-0.39, 0.29) is 24.0 Å². The van der Waals surface area contributed by atoms with Crippen molar-refractivity contribution in [1.29, 1.82) is 0 Å². The van der Waals surface area contributed by atoms with Crippen LogP contribution < -0.4 is 11.1 Å². The predicted molar refractivity (Wildman–Crippen MR) is 59.2 cm³/mol. The van der Waals surface area contributed by atoms with Gasteiger partial charge in [0.1, 0.15) is 0 Å². The molecule has 4 N–H and O–H groups in total. The van der Waals surface area contributed by atoms with Gasteiger partial charge in [0.2, 0.25) is 5.91 Å². The summed E-state index contributed by atoms with van der Waals surface area (Å²) in [5.74, 6) is 0.0546. The quantitative estimate of drug-likeness (QED) is 0.619. The maximum atomic E-state index is 11.8. The Kier molecular flexibility index (Phi) is 4.11. The topological polar surface area (TPSA) is 75.4 Å². The molecule has 0 aromatic rings. The lowest BCUT2D eigenvalue weighted by Gasteiger charge is -2.41. The second-order valence-corrected chi connectivity index (χ2v) is 4.69. The third-order valence-corrected chi connectivity index (χ3v) is 3.56. The number of aliphatic hydroxyl groups excluding tert-OH is 1. The molecule has 1 aliphatic carbocycles. The van der Waals surface area contributed by atoms with Gasteiger partial charge in [-0.2, -0.15) is 0 Å². The monoisotopic (exact) mass is 214 g/mol. The first-order valence-electron chi connectivity index (χ1n) is 5.73. The summed E-state index contributed by atoms with van der Waals surface area (Å²) in [5.41, 5.74) is 5.45. The smallest absolute Gasteiger partial charge is 0.237 e. The van der Waals surface area contributed by atoms with Crippen LogP contribution in [0.25, 0.3) is 0 Å². The molecule has 0 saturated heterocycles. The van der Waals surface area contributed by atoms with E-state index in [4.69, 9.17) is 5.73 Å². The lowest BCUT2D eigenvalue weighted by Crippen LogP contribution is -2.60. The number of aliphatic hydroxyl groups is 1. The maximum absolute atomic E-state index is 11.8. The van der Waals surface area contributed by atoms with Crippen molar-refractivity contribution in [2.24, 2.45) is 11.7 Å². The third kappa shape index (κ3) is 2.69. The highest BCUT2D eigenvalue weighted by Crippen LogP contribution is 2.31. The highest BCUT2D eigenvalue weighted by Gasteiger charge is 2.39. The number of hydrogen-bond donors (Lipinski definition) is 3. The molecule has 88 valence electrons. The molecule has 1 saturated carbocycles. The van der Waals surface area contributed by atoms with Gasteiger partial charge in [0.25, 0.3) is 0 Å². The van der Waals surface area contributed by atoms with Gasteiger partial charge in [0, 0.05) is 0 Å². The summed E-state index contributed by atoms with van der Waals surface area (Å²) in [6, 6.07) is -0.459. The van der Waals surface area contributed by atoms with E-state index in [1.54, 1.807) is 0 Å². The molecular formula is C11H22N2O2. The molecule has 0 bridgehead atoms. The first-order valence-corrected chi connectivity index (χ1v) is 5.73. The highest BCUT2D eigenvalue weighted by atomic mass is 16.3. The molecule has 0 aromatic heterocycles. The Morgan fingerprint density at radius 2 is 2.20 bits per heavy atom. The number of hydrogen-bond acceptors (Lipinski definition) is 3. The van der Waals surface area contributed by atoms with Crippen LogP contribution in [-0.4, -0.2) is 29.2 Å². The summed E-state index contributed by atoms with van der Waals surface area (Å²) in [4.78, 5) is 11.8. The molecule has 0 spiro atoms. The summed E-state index contributed by atoms with van der Waals surface area (Å²) in [6.07, 6.45) is 3.69. The lowest BCUT2D eigenvalue weighted by atomic mass is 9.77. The Labute approximate surface area is 91.2 Å². The van der Waals surface area contributed by atoms with Crippen LogP contribution in [0.3, 0.4) is 0 Å². The van der Waals surface area contributed by atoms with Gasteiger partial charge in [-0.1, -0.05) is 20.3 Å². The number of nitrogens with one attached hydrogen (secondary N) is 1. The van der Waals surface area contributed by atoms with Gasteiger partial charge in [0.15, 0.2) is 0 Å². The standard InChI is InChI=1S/C11H22N2O2/c1-3-8(2)9(12)10(15)13-11(7-14)5-4-6-11/h8-9,14H,3-7,12H2,1-2H3,(H,13,15)/t8-,9-/m0/s1. The van der Waals surface area contributed by atoms with Gasteiger partial charge in [-0.05, 0) is 25.2 Å². The minimum absolute atomic E-state index is 0.0198. The Bertz CT molecular complexity index is 221. The number of amides is 1. The number of carbonyl (C=O) groups is 1. The molecule has 0 aliphatic heterocycles. The van der Waals surface area contributed by atoms with E-state index in [2.05, 4.69) is 5.32 Å². The average Bonchev–Trinajstić information content (AvgIpc) is 2.20. The van der Waals surface area contributed by atoms with E-state index >= 15 is 0 Å². The van der Waals surface area contributed by atoms with Crippen LogP contribution in [0, 0.1) is 5.92 Å². The predicted octanol–water partition coefficient (Wildman–Crippen LogP) is 0.391. The first-order chi connectivity index (χ1) is 7.04. The molecule has 15 heavy (non-hydrogen) atoms. The molecule has 0 radical (unpaired) electrons. The van der Waals surface area contributed by atoms with Crippen molar-refractivity contribution < 1.29 is 9.90 Å². The van der Waals surface area contributed by atoms with E-state index in [9.17, 15) is 9.90 Å². The third-order valence-electron chi connectivity index (χ3n) is 3.56. The fourth-order valence-electron chi connectivity index (χ4n) is 1.78. The van der Waals surface area contributed by atoms with Gasteiger partial charge in [-0.15, -0.1) is 0 Å². The van der Waals surface area contributed by atoms with Crippen LogP contribution in [0.2, 0.25) is 0 Å². The van der Waals surface area contributed by atoms with Crippen LogP contribution >= 0.6 is 0 Å². The molecule has 1 fully saturated rings. The normalized spacial score (nSPS) is 22.7.